The molecule has 5 aromatic rings. The number of nitrogens with zero attached hydrogens (tertiary/aromatic N) is 7. The molecule has 0 bridgehead atoms. The Bertz CT molecular complexity index is 1780. The van der Waals surface area contributed by atoms with E-state index in [-0.39, 0.29) is 22.1 Å². The fourth-order valence-electron chi connectivity index (χ4n) is 4.02. The van der Waals surface area contributed by atoms with Gasteiger partial charge in [0.05, 0.1) is 36.5 Å². The second kappa shape index (κ2) is 10.7. The maximum absolute atomic E-state index is 14.4. The van der Waals surface area contributed by atoms with Gasteiger partial charge >= 0.3 is 0 Å². The SMILES string of the molecule is COc1cnccc1-c1cc(-n2ccc(C(F)F)c(F)c2=O)ncc1C(=O)Nc1nc(-c2c(C)ncn2C)ns1. The van der Waals surface area contributed by atoms with Crippen molar-refractivity contribution in [1.29, 1.82) is 0 Å². The highest BCUT2D eigenvalue weighted by Crippen LogP contribution is 2.33. The lowest BCUT2D eigenvalue weighted by Crippen LogP contribution is -2.24. The van der Waals surface area contributed by atoms with Gasteiger partial charge in [-0.1, -0.05) is 0 Å². The number of anilines is 1. The lowest BCUT2D eigenvalue weighted by Gasteiger charge is -2.14. The topological polar surface area (TPSA) is 130 Å². The number of carbonyl (C=O) groups excluding carboxylic acids is 1. The molecule has 0 aromatic carbocycles. The van der Waals surface area contributed by atoms with Crippen LogP contribution in [0, 0.1) is 12.7 Å². The minimum atomic E-state index is -3.17. The Morgan fingerprint density at radius 2 is 1.98 bits per heavy atom. The van der Waals surface area contributed by atoms with Gasteiger partial charge in [0.1, 0.15) is 17.3 Å². The highest BCUT2D eigenvalue weighted by molar-refractivity contribution is 7.10. The molecule has 11 nitrogen and oxygen atoms in total. The number of methoxy groups -OCH3 is 1. The van der Waals surface area contributed by atoms with Gasteiger partial charge < -0.3 is 9.30 Å². The first-order chi connectivity index (χ1) is 19.2. The summed E-state index contributed by atoms with van der Waals surface area (Å²) in [5.74, 6) is -1.63. The van der Waals surface area contributed by atoms with Gasteiger partial charge in [-0.05, 0) is 25.1 Å². The molecule has 204 valence electrons. The van der Waals surface area contributed by atoms with Gasteiger partial charge in [-0.2, -0.15) is 9.36 Å². The monoisotopic (exact) mass is 568 g/mol. The summed E-state index contributed by atoms with van der Waals surface area (Å²) < 4.78 is 52.8. The maximum atomic E-state index is 14.4. The van der Waals surface area contributed by atoms with Crippen molar-refractivity contribution in [2.24, 2.45) is 7.05 Å². The van der Waals surface area contributed by atoms with Gasteiger partial charge in [-0.3, -0.25) is 24.5 Å². The zero-order valence-corrected chi connectivity index (χ0v) is 21.9. The van der Waals surface area contributed by atoms with E-state index < -0.39 is 29.3 Å². The molecule has 0 aliphatic heterocycles. The van der Waals surface area contributed by atoms with Gasteiger partial charge in [0.2, 0.25) is 5.13 Å². The Balaban J connectivity index is 1.57. The molecule has 0 fully saturated rings. The summed E-state index contributed by atoms with van der Waals surface area (Å²) in [6.45, 7) is 1.81. The molecule has 0 radical (unpaired) electrons. The summed E-state index contributed by atoms with van der Waals surface area (Å²) in [6, 6.07) is 3.72. The van der Waals surface area contributed by atoms with E-state index in [1.54, 1.807) is 24.0 Å². The number of hydrogen-bond acceptors (Lipinski definition) is 9. The molecule has 0 aliphatic carbocycles. The zero-order chi connectivity index (χ0) is 28.6. The molecule has 1 amide bonds. The molecular formula is C25H19F3N8O3S. The van der Waals surface area contributed by atoms with Crippen LogP contribution in [0.2, 0.25) is 0 Å². The standard InChI is InChI=1S/C25H19F3N8O3S/c1-12-20(35(2)11-31-12)22-32-25(40-34-22)33-23(37)16-9-30-18(8-15(16)13-4-6-29-10-17(13)39-3)36-7-5-14(21(27)28)19(26)24(36)38/h4-11,21H,1-3H3,(H,32,33,34,37). The number of hydrogen-bond donors (Lipinski definition) is 1. The Hall–Kier alpha value is -4.92. The predicted octanol–water partition coefficient (Wildman–Crippen LogP) is 4.19. The van der Waals surface area contributed by atoms with Crippen LogP contribution in [-0.4, -0.2) is 46.5 Å². The highest BCUT2D eigenvalue weighted by atomic mass is 32.1. The van der Waals surface area contributed by atoms with Crippen LogP contribution in [0.15, 0.2) is 54.1 Å². The number of nitrogens with one attached hydrogen (secondary N) is 1. The average molecular weight is 569 g/mol. The number of pyridine rings is 3. The lowest BCUT2D eigenvalue weighted by molar-refractivity contribution is 0.102. The van der Waals surface area contributed by atoms with Crippen molar-refractivity contribution in [2.45, 2.75) is 13.3 Å². The third kappa shape index (κ3) is 4.82. The number of imidazole rings is 1. The van der Waals surface area contributed by atoms with Crippen molar-refractivity contribution in [3.8, 4) is 34.2 Å². The van der Waals surface area contributed by atoms with E-state index in [1.807, 2.05) is 6.92 Å². The summed E-state index contributed by atoms with van der Waals surface area (Å²) in [5, 5.41) is 2.90. The molecule has 0 spiro atoms. The lowest BCUT2D eigenvalue weighted by atomic mass is 10.0. The summed E-state index contributed by atoms with van der Waals surface area (Å²) in [7, 11) is 3.21. The Labute approximate surface area is 228 Å². The van der Waals surface area contributed by atoms with E-state index in [2.05, 4.69) is 29.6 Å². The van der Waals surface area contributed by atoms with E-state index in [0.717, 1.165) is 34.1 Å². The van der Waals surface area contributed by atoms with E-state index in [0.29, 0.717) is 22.8 Å². The summed E-state index contributed by atoms with van der Waals surface area (Å²) in [6.07, 6.45) is 3.53. The third-order valence-electron chi connectivity index (χ3n) is 5.95. The van der Waals surface area contributed by atoms with Gasteiger partial charge in [-0.25, -0.2) is 23.1 Å². The fraction of sp³-hybridized carbons (Fsp3) is 0.160. The van der Waals surface area contributed by atoms with Crippen LogP contribution in [0.1, 0.15) is 28.0 Å². The molecule has 0 unspecified atom stereocenters. The quantitative estimate of drug-likeness (QED) is 0.309. The van der Waals surface area contributed by atoms with E-state index in [4.69, 9.17) is 4.74 Å². The Kier molecular flexibility index (Phi) is 7.13. The number of halogens is 3. The van der Waals surface area contributed by atoms with Gasteiger partial charge in [0.15, 0.2) is 11.6 Å². The van der Waals surface area contributed by atoms with E-state index >= 15 is 0 Å². The first-order valence-electron chi connectivity index (χ1n) is 11.5. The summed E-state index contributed by atoms with van der Waals surface area (Å²) in [5.41, 5.74) is -0.210. The zero-order valence-electron chi connectivity index (χ0n) is 21.1. The normalized spacial score (nSPS) is 11.2. The average Bonchev–Trinajstić information content (AvgIpc) is 3.54. The predicted molar refractivity (Wildman–Crippen MR) is 139 cm³/mol. The molecule has 1 N–H and O–H groups in total. The minimum Gasteiger partial charge on any atom is -0.494 e. The number of aromatic nitrogens is 7. The molecule has 15 heteroatoms. The van der Waals surface area contributed by atoms with Crippen LogP contribution in [0.25, 0.3) is 28.5 Å². The first kappa shape index (κ1) is 26.7. The smallest absolute Gasteiger partial charge is 0.292 e. The molecule has 5 aromatic heterocycles. The van der Waals surface area contributed by atoms with E-state index in [1.165, 1.54) is 31.8 Å². The molecule has 40 heavy (non-hydrogen) atoms. The second-order valence-corrected chi connectivity index (χ2v) is 9.14. The molecule has 0 aliphatic rings. The van der Waals surface area contributed by atoms with Gasteiger partial charge in [-0.15, -0.1) is 0 Å². The van der Waals surface area contributed by atoms with Gasteiger partial charge in [0.25, 0.3) is 17.9 Å². The summed E-state index contributed by atoms with van der Waals surface area (Å²) in [4.78, 5) is 42.8. The van der Waals surface area contributed by atoms with Crippen LogP contribution < -0.4 is 15.6 Å². The molecule has 0 saturated carbocycles. The van der Waals surface area contributed by atoms with Gasteiger partial charge in [0, 0.05) is 48.3 Å². The largest absolute Gasteiger partial charge is 0.494 e. The van der Waals surface area contributed by atoms with Crippen molar-refractivity contribution in [1.82, 2.24) is 33.4 Å². The summed E-state index contributed by atoms with van der Waals surface area (Å²) >= 11 is 0.967. The Morgan fingerprint density at radius 1 is 1.18 bits per heavy atom. The molecule has 0 atom stereocenters. The van der Waals surface area contributed by atoms with Crippen LogP contribution in [0.5, 0.6) is 5.75 Å². The molecule has 5 rings (SSSR count). The highest BCUT2D eigenvalue weighted by Gasteiger charge is 2.23. The number of ether oxygens (including phenoxy) is 1. The third-order valence-corrected chi connectivity index (χ3v) is 6.58. The van der Waals surface area contributed by atoms with E-state index in [9.17, 15) is 22.8 Å². The Morgan fingerprint density at radius 3 is 2.67 bits per heavy atom. The second-order valence-electron chi connectivity index (χ2n) is 8.39. The van der Waals surface area contributed by atoms with Crippen LogP contribution in [0.4, 0.5) is 18.3 Å². The number of rotatable bonds is 7. The number of carbonyl (C=O) groups is 1. The molecule has 5 heterocycles. The fourth-order valence-corrected chi connectivity index (χ4v) is 4.59. The first-order valence-corrected chi connectivity index (χ1v) is 12.3. The van der Waals surface area contributed by atoms with Crippen LogP contribution >= 0.6 is 11.5 Å². The van der Waals surface area contributed by atoms with Crippen LogP contribution in [-0.2, 0) is 7.05 Å². The van der Waals surface area contributed by atoms with Crippen molar-refractivity contribution in [3.63, 3.8) is 0 Å². The number of alkyl halides is 2. The molecular weight excluding hydrogens is 549 g/mol. The van der Waals surface area contributed by atoms with Crippen molar-refractivity contribution >= 4 is 22.6 Å². The van der Waals surface area contributed by atoms with Crippen molar-refractivity contribution in [3.05, 3.63) is 82.3 Å². The number of amides is 1. The van der Waals surface area contributed by atoms with Crippen molar-refractivity contribution in [2.75, 3.05) is 12.4 Å². The minimum absolute atomic E-state index is 0.0550. The maximum Gasteiger partial charge on any atom is 0.292 e. The number of aryl methyl sites for hydroxylation is 2. The van der Waals surface area contributed by atoms with Crippen LogP contribution in [0.3, 0.4) is 0 Å². The van der Waals surface area contributed by atoms with Crippen molar-refractivity contribution < 1.29 is 22.7 Å². The molecule has 0 saturated heterocycles.